The van der Waals surface area contributed by atoms with Crippen molar-refractivity contribution in [3.63, 3.8) is 0 Å². The van der Waals surface area contributed by atoms with E-state index in [1.807, 2.05) is 6.07 Å². The molecule has 6 heteroatoms. The lowest BCUT2D eigenvalue weighted by atomic mass is 10.2. The van der Waals surface area contributed by atoms with Gasteiger partial charge < -0.3 is 9.64 Å². The summed E-state index contributed by atoms with van der Waals surface area (Å²) in [7, 11) is -3.14. The maximum Gasteiger partial charge on any atom is 0.257 e. The molecule has 1 aliphatic rings. The second kappa shape index (κ2) is 5.83. The third-order valence-corrected chi connectivity index (χ3v) is 5.58. The Morgan fingerprint density at radius 2 is 2.00 bits per heavy atom. The zero-order valence-electron chi connectivity index (χ0n) is 11.7. The zero-order chi connectivity index (χ0) is 14.8. The summed E-state index contributed by atoms with van der Waals surface area (Å²) < 4.78 is 29.2. The molecule has 1 heterocycles. The molecular weight excluding hydrogens is 278 g/mol. The highest BCUT2D eigenvalue weighted by molar-refractivity contribution is 7.92. The molecule has 1 aliphatic heterocycles. The fraction of sp³-hybridized carbons (Fsp3) is 0.500. The molecule has 0 bridgehead atoms. The van der Waals surface area contributed by atoms with E-state index in [1.165, 1.54) is 0 Å². The van der Waals surface area contributed by atoms with Crippen molar-refractivity contribution in [2.75, 3.05) is 25.4 Å². The van der Waals surface area contributed by atoms with Crippen molar-refractivity contribution >= 4 is 15.7 Å². The van der Waals surface area contributed by atoms with Crippen LogP contribution in [0.4, 0.5) is 0 Å². The number of hydrogen-bond acceptors (Lipinski definition) is 4. The van der Waals surface area contributed by atoms with Gasteiger partial charge in [0.1, 0.15) is 12.4 Å². The van der Waals surface area contributed by atoms with Crippen LogP contribution in [0.1, 0.15) is 24.2 Å². The Kier molecular flexibility index (Phi) is 4.32. The van der Waals surface area contributed by atoms with E-state index >= 15 is 0 Å². The molecule has 0 aromatic heterocycles. The molecular formula is C14H19NO4S. The lowest BCUT2D eigenvalue weighted by molar-refractivity contribution is 0.0766. The molecule has 1 aromatic carbocycles. The third kappa shape index (κ3) is 3.12. The van der Waals surface area contributed by atoms with Gasteiger partial charge in [0.2, 0.25) is 0 Å². The van der Waals surface area contributed by atoms with Gasteiger partial charge in [0.05, 0.1) is 23.1 Å². The van der Waals surface area contributed by atoms with Gasteiger partial charge in [-0.2, -0.15) is 0 Å². The normalized spacial score (nSPS) is 15.8. The summed E-state index contributed by atoms with van der Waals surface area (Å²) in [6, 6.07) is 7.04. The van der Waals surface area contributed by atoms with Crippen LogP contribution >= 0.6 is 0 Å². The van der Waals surface area contributed by atoms with Crippen molar-refractivity contribution in [2.24, 2.45) is 0 Å². The van der Waals surface area contributed by atoms with E-state index in [9.17, 15) is 13.2 Å². The number of sulfone groups is 1. The number of ether oxygens (including phenoxy) is 1. The molecule has 0 saturated heterocycles. The maximum absolute atomic E-state index is 12.4. The van der Waals surface area contributed by atoms with Gasteiger partial charge in [0, 0.05) is 6.54 Å². The minimum absolute atomic E-state index is 0.0153. The molecule has 1 amide bonds. The zero-order valence-corrected chi connectivity index (χ0v) is 12.5. The molecule has 0 atom stereocenters. The molecule has 0 radical (unpaired) electrons. The predicted molar refractivity (Wildman–Crippen MR) is 76.8 cm³/mol. The Morgan fingerprint density at radius 1 is 1.30 bits per heavy atom. The highest BCUT2D eigenvalue weighted by atomic mass is 32.2. The topological polar surface area (TPSA) is 63.7 Å². The molecule has 2 rings (SSSR count). The van der Waals surface area contributed by atoms with E-state index in [2.05, 4.69) is 0 Å². The van der Waals surface area contributed by atoms with Gasteiger partial charge in [-0.1, -0.05) is 12.1 Å². The summed E-state index contributed by atoms with van der Waals surface area (Å²) in [6.45, 7) is 4.29. The number of rotatable bonds is 4. The van der Waals surface area contributed by atoms with Crippen LogP contribution in [-0.4, -0.2) is 49.9 Å². The number of hydrogen-bond donors (Lipinski definition) is 0. The summed E-state index contributed by atoms with van der Waals surface area (Å²) in [5.41, 5.74) is 0.493. The number of benzene rings is 1. The highest BCUT2D eigenvalue weighted by Gasteiger charge is 2.25. The Bertz CT molecular complexity index is 595. The lowest BCUT2D eigenvalue weighted by Gasteiger charge is -2.20. The van der Waals surface area contributed by atoms with E-state index in [-0.39, 0.29) is 18.2 Å². The minimum Gasteiger partial charge on any atom is -0.491 e. The molecule has 0 fully saturated rings. The van der Waals surface area contributed by atoms with Crippen molar-refractivity contribution in [3.8, 4) is 5.75 Å². The summed E-state index contributed by atoms with van der Waals surface area (Å²) in [4.78, 5) is 13.9. The first kappa shape index (κ1) is 14.8. The van der Waals surface area contributed by atoms with Crippen molar-refractivity contribution in [2.45, 2.75) is 19.1 Å². The quantitative estimate of drug-likeness (QED) is 0.841. The molecule has 110 valence electrons. The van der Waals surface area contributed by atoms with Crippen LogP contribution in [0.5, 0.6) is 5.75 Å². The first-order valence-electron chi connectivity index (χ1n) is 6.64. The third-order valence-electron chi connectivity index (χ3n) is 3.39. The van der Waals surface area contributed by atoms with Gasteiger partial charge in [-0.3, -0.25) is 4.79 Å². The molecule has 0 spiro atoms. The van der Waals surface area contributed by atoms with Crippen LogP contribution in [-0.2, 0) is 9.84 Å². The van der Waals surface area contributed by atoms with E-state index < -0.39 is 15.1 Å². The van der Waals surface area contributed by atoms with Crippen LogP contribution in [0.2, 0.25) is 0 Å². The van der Waals surface area contributed by atoms with Gasteiger partial charge in [0.15, 0.2) is 9.84 Å². The lowest BCUT2D eigenvalue weighted by Crippen LogP contribution is -2.37. The Hall–Kier alpha value is -1.56. The Morgan fingerprint density at radius 3 is 2.70 bits per heavy atom. The number of carbonyl (C=O) groups excluding carboxylic acids is 1. The molecule has 20 heavy (non-hydrogen) atoms. The number of para-hydroxylation sites is 1. The largest absolute Gasteiger partial charge is 0.491 e. The van der Waals surface area contributed by atoms with E-state index in [0.29, 0.717) is 24.5 Å². The van der Waals surface area contributed by atoms with Crippen LogP contribution in [0.25, 0.3) is 0 Å². The fourth-order valence-corrected chi connectivity index (χ4v) is 2.94. The molecule has 0 aliphatic carbocycles. The summed E-state index contributed by atoms with van der Waals surface area (Å²) in [5, 5.41) is -0.423. The number of fused-ring (bicyclic) bond motifs is 1. The van der Waals surface area contributed by atoms with Crippen LogP contribution < -0.4 is 4.74 Å². The molecule has 1 aromatic rings. The van der Waals surface area contributed by atoms with Gasteiger partial charge in [0.25, 0.3) is 5.91 Å². The number of amides is 1. The highest BCUT2D eigenvalue weighted by Crippen LogP contribution is 2.22. The van der Waals surface area contributed by atoms with E-state index in [1.54, 1.807) is 36.9 Å². The Labute approximate surface area is 119 Å². The second-order valence-corrected chi connectivity index (χ2v) is 7.73. The van der Waals surface area contributed by atoms with Gasteiger partial charge in [-0.05, 0) is 26.0 Å². The number of nitrogens with zero attached hydrogens (tertiary/aromatic N) is 1. The summed E-state index contributed by atoms with van der Waals surface area (Å²) in [5.74, 6) is 0.377. The summed E-state index contributed by atoms with van der Waals surface area (Å²) in [6.07, 6.45) is 0. The smallest absolute Gasteiger partial charge is 0.257 e. The second-order valence-electron chi connectivity index (χ2n) is 5.05. The number of carbonyl (C=O) groups is 1. The minimum atomic E-state index is -3.14. The monoisotopic (exact) mass is 297 g/mol. The van der Waals surface area contributed by atoms with Crippen molar-refractivity contribution < 1.29 is 17.9 Å². The van der Waals surface area contributed by atoms with E-state index in [4.69, 9.17) is 4.74 Å². The molecule has 0 unspecified atom stereocenters. The van der Waals surface area contributed by atoms with Crippen molar-refractivity contribution in [1.82, 2.24) is 4.90 Å². The standard InChI is InChI=1S/C14H19NO4S/c1-11(2)20(17,18)10-8-15-7-9-19-13-6-4-3-5-12(13)14(15)16/h3-6,11H,7-10H2,1-2H3. The van der Waals surface area contributed by atoms with Crippen LogP contribution in [0, 0.1) is 0 Å². The molecule has 0 saturated carbocycles. The first-order valence-corrected chi connectivity index (χ1v) is 8.36. The maximum atomic E-state index is 12.4. The summed E-state index contributed by atoms with van der Waals surface area (Å²) >= 11 is 0. The average Bonchev–Trinajstić information content (AvgIpc) is 2.57. The first-order chi connectivity index (χ1) is 9.42. The Balaban J connectivity index is 2.13. The fourth-order valence-electron chi connectivity index (χ4n) is 1.99. The molecule has 5 nitrogen and oxygen atoms in total. The van der Waals surface area contributed by atoms with E-state index in [0.717, 1.165) is 0 Å². The van der Waals surface area contributed by atoms with Crippen molar-refractivity contribution in [3.05, 3.63) is 29.8 Å². The van der Waals surface area contributed by atoms with Gasteiger partial charge in [-0.25, -0.2) is 8.42 Å². The average molecular weight is 297 g/mol. The van der Waals surface area contributed by atoms with Crippen LogP contribution in [0.3, 0.4) is 0 Å². The molecule has 0 N–H and O–H groups in total. The van der Waals surface area contributed by atoms with Gasteiger partial charge >= 0.3 is 0 Å². The van der Waals surface area contributed by atoms with Crippen LogP contribution in [0.15, 0.2) is 24.3 Å². The van der Waals surface area contributed by atoms with Gasteiger partial charge in [-0.15, -0.1) is 0 Å². The SMILES string of the molecule is CC(C)S(=O)(=O)CCN1CCOc2ccccc2C1=O. The predicted octanol–water partition coefficient (Wildman–Crippen LogP) is 1.34. The van der Waals surface area contributed by atoms with Crippen molar-refractivity contribution in [1.29, 1.82) is 0 Å².